The van der Waals surface area contributed by atoms with Crippen molar-refractivity contribution in [2.45, 2.75) is 25.8 Å². The van der Waals surface area contributed by atoms with Crippen molar-refractivity contribution in [1.82, 2.24) is 5.32 Å². The van der Waals surface area contributed by atoms with Crippen LogP contribution in [-0.4, -0.2) is 31.7 Å². The van der Waals surface area contributed by atoms with Crippen LogP contribution < -0.4 is 11.1 Å². The SMILES string of the molecule is CC(CCN)NC(=O)C1CCOC1. The average molecular weight is 186 g/mol. The van der Waals surface area contributed by atoms with E-state index in [9.17, 15) is 4.79 Å². The zero-order valence-electron chi connectivity index (χ0n) is 8.08. The molecule has 2 atom stereocenters. The summed E-state index contributed by atoms with van der Waals surface area (Å²) in [5.74, 6) is 0.165. The maximum atomic E-state index is 11.5. The van der Waals surface area contributed by atoms with Gasteiger partial charge in [-0.1, -0.05) is 0 Å². The third-order valence-electron chi connectivity index (χ3n) is 2.29. The number of rotatable bonds is 4. The molecule has 4 heteroatoms. The number of ether oxygens (including phenoxy) is 1. The predicted octanol–water partition coefficient (Wildman–Crippen LogP) is -0.124. The highest BCUT2D eigenvalue weighted by Gasteiger charge is 2.23. The second-order valence-electron chi connectivity index (χ2n) is 3.55. The van der Waals surface area contributed by atoms with Crippen molar-refractivity contribution >= 4 is 5.91 Å². The highest BCUT2D eigenvalue weighted by Crippen LogP contribution is 2.12. The van der Waals surface area contributed by atoms with Crippen LogP contribution in [0.15, 0.2) is 0 Å². The fourth-order valence-corrected chi connectivity index (χ4v) is 1.42. The molecule has 0 aromatic heterocycles. The molecule has 0 saturated carbocycles. The first-order chi connectivity index (χ1) is 6.24. The average Bonchev–Trinajstić information content (AvgIpc) is 2.55. The second-order valence-corrected chi connectivity index (χ2v) is 3.55. The molecular formula is C9H18N2O2. The molecule has 2 unspecified atom stereocenters. The van der Waals surface area contributed by atoms with Crippen LogP contribution in [0.4, 0.5) is 0 Å². The summed E-state index contributed by atoms with van der Waals surface area (Å²) in [5.41, 5.74) is 5.38. The van der Waals surface area contributed by atoms with Gasteiger partial charge < -0.3 is 15.8 Å². The van der Waals surface area contributed by atoms with Gasteiger partial charge in [0.05, 0.1) is 12.5 Å². The minimum atomic E-state index is 0.0558. The summed E-state index contributed by atoms with van der Waals surface area (Å²) >= 11 is 0. The molecule has 13 heavy (non-hydrogen) atoms. The van der Waals surface area contributed by atoms with Crippen molar-refractivity contribution in [2.24, 2.45) is 11.7 Å². The topological polar surface area (TPSA) is 64.3 Å². The van der Waals surface area contributed by atoms with Crippen molar-refractivity contribution in [3.63, 3.8) is 0 Å². The molecule has 3 N–H and O–H groups in total. The van der Waals surface area contributed by atoms with Gasteiger partial charge in [0.2, 0.25) is 5.91 Å². The lowest BCUT2D eigenvalue weighted by molar-refractivity contribution is -0.125. The first kappa shape index (κ1) is 10.5. The lowest BCUT2D eigenvalue weighted by Gasteiger charge is -2.15. The summed E-state index contributed by atoms with van der Waals surface area (Å²) in [5, 5.41) is 2.92. The Bertz CT molecular complexity index is 167. The van der Waals surface area contributed by atoms with Crippen LogP contribution in [0.1, 0.15) is 19.8 Å². The number of carbonyl (C=O) groups excluding carboxylic acids is 1. The summed E-state index contributed by atoms with van der Waals surface area (Å²) in [4.78, 5) is 11.5. The number of carbonyl (C=O) groups is 1. The van der Waals surface area contributed by atoms with Crippen LogP contribution in [0.5, 0.6) is 0 Å². The van der Waals surface area contributed by atoms with E-state index in [1.165, 1.54) is 0 Å². The molecule has 1 saturated heterocycles. The summed E-state index contributed by atoms with van der Waals surface area (Å²) in [6.07, 6.45) is 1.68. The van der Waals surface area contributed by atoms with Gasteiger partial charge in [0, 0.05) is 12.6 Å². The molecule has 0 spiro atoms. The number of amides is 1. The minimum Gasteiger partial charge on any atom is -0.381 e. The number of hydrogen-bond donors (Lipinski definition) is 2. The third kappa shape index (κ3) is 3.32. The first-order valence-corrected chi connectivity index (χ1v) is 4.82. The molecule has 0 aromatic rings. The zero-order chi connectivity index (χ0) is 9.68. The fraction of sp³-hybridized carbons (Fsp3) is 0.889. The van der Waals surface area contributed by atoms with Crippen LogP contribution in [0.3, 0.4) is 0 Å². The lowest BCUT2D eigenvalue weighted by Crippen LogP contribution is -2.38. The van der Waals surface area contributed by atoms with Gasteiger partial charge in [0.15, 0.2) is 0 Å². The molecule has 1 aliphatic heterocycles. The highest BCUT2D eigenvalue weighted by molar-refractivity contribution is 5.79. The predicted molar refractivity (Wildman–Crippen MR) is 50.2 cm³/mol. The normalized spacial score (nSPS) is 24.3. The van der Waals surface area contributed by atoms with Gasteiger partial charge in [-0.2, -0.15) is 0 Å². The van der Waals surface area contributed by atoms with Crippen molar-refractivity contribution < 1.29 is 9.53 Å². The number of nitrogens with one attached hydrogen (secondary N) is 1. The van der Waals surface area contributed by atoms with Crippen molar-refractivity contribution in [3.8, 4) is 0 Å². The van der Waals surface area contributed by atoms with Gasteiger partial charge in [-0.3, -0.25) is 4.79 Å². The Balaban J connectivity index is 2.23. The number of hydrogen-bond acceptors (Lipinski definition) is 3. The van der Waals surface area contributed by atoms with Crippen LogP contribution in [0.25, 0.3) is 0 Å². The summed E-state index contributed by atoms with van der Waals surface area (Å²) < 4.78 is 5.13. The Morgan fingerprint density at radius 1 is 1.77 bits per heavy atom. The van der Waals surface area contributed by atoms with Gasteiger partial charge in [-0.05, 0) is 26.3 Å². The Morgan fingerprint density at radius 2 is 2.54 bits per heavy atom. The van der Waals surface area contributed by atoms with Gasteiger partial charge in [0.1, 0.15) is 0 Å². The van der Waals surface area contributed by atoms with E-state index in [-0.39, 0.29) is 17.9 Å². The largest absolute Gasteiger partial charge is 0.381 e. The molecule has 0 aliphatic carbocycles. The maximum absolute atomic E-state index is 11.5. The van der Waals surface area contributed by atoms with E-state index in [1.807, 2.05) is 6.92 Å². The van der Waals surface area contributed by atoms with Crippen LogP contribution in [0.2, 0.25) is 0 Å². The Kier molecular flexibility index (Phi) is 4.18. The summed E-state index contributed by atoms with van der Waals surface area (Å²) in [7, 11) is 0. The van der Waals surface area contributed by atoms with Crippen LogP contribution in [0, 0.1) is 5.92 Å². The molecule has 4 nitrogen and oxygen atoms in total. The second kappa shape index (κ2) is 5.19. The van der Waals surface area contributed by atoms with E-state index in [0.717, 1.165) is 12.8 Å². The van der Waals surface area contributed by atoms with Crippen molar-refractivity contribution in [1.29, 1.82) is 0 Å². The maximum Gasteiger partial charge on any atom is 0.225 e. The Labute approximate surface area is 78.8 Å². The fourth-order valence-electron chi connectivity index (χ4n) is 1.42. The smallest absolute Gasteiger partial charge is 0.225 e. The molecule has 1 fully saturated rings. The standard InChI is InChI=1S/C9H18N2O2/c1-7(2-4-10)11-9(12)8-3-5-13-6-8/h7-8H,2-6,10H2,1H3,(H,11,12). The summed E-state index contributed by atoms with van der Waals surface area (Å²) in [6, 6.07) is 0.179. The van der Waals surface area contributed by atoms with E-state index in [0.29, 0.717) is 19.8 Å². The van der Waals surface area contributed by atoms with Crippen molar-refractivity contribution in [3.05, 3.63) is 0 Å². The van der Waals surface area contributed by atoms with Gasteiger partial charge in [-0.25, -0.2) is 0 Å². The Morgan fingerprint density at radius 3 is 3.08 bits per heavy atom. The molecule has 1 amide bonds. The zero-order valence-corrected chi connectivity index (χ0v) is 8.08. The van der Waals surface area contributed by atoms with E-state index >= 15 is 0 Å². The molecule has 1 rings (SSSR count). The monoisotopic (exact) mass is 186 g/mol. The van der Waals surface area contributed by atoms with E-state index < -0.39 is 0 Å². The van der Waals surface area contributed by atoms with Crippen LogP contribution in [-0.2, 0) is 9.53 Å². The molecule has 1 heterocycles. The molecule has 76 valence electrons. The third-order valence-corrected chi connectivity index (χ3v) is 2.29. The molecular weight excluding hydrogens is 168 g/mol. The highest BCUT2D eigenvalue weighted by atomic mass is 16.5. The minimum absolute atomic E-state index is 0.0558. The van der Waals surface area contributed by atoms with Crippen LogP contribution >= 0.6 is 0 Å². The first-order valence-electron chi connectivity index (χ1n) is 4.82. The van der Waals surface area contributed by atoms with Crippen molar-refractivity contribution in [2.75, 3.05) is 19.8 Å². The quantitative estimate of drug-likeness (QED) is 0.643. The number of nitrogens with two attached hydrogens (primary N) is 1. The van der Waals surface area contributed by atoms with Gasteiger partial charge in [-0.15, -0.1) is 0 Å². The lowest BCUT2D eigenvalue weighted by atomic mass is 10.1. The Hall–Kier alpha value is -0.610. The van der Waals surface area contributed by atoms with Gasteiger partial charge >= 0.3 is 0 Å². The van der Waals surface area contributed by atoms with Gasteiger partial charge in [0.25, 0.3) is 0 Å². The molecule has 1 aliphatic rings. The summed E-state index contributed by atoms with van der Waals surface area (Å²) in [6.45, 7) is 3.87. The molecule has 0 bridgehead atoms. The van der Waals surface area contributed by atoms with E-state index in [1.54, 1.807) is 0 Å². The van der Waals surface area contributed by atoms with E-state index in [2.05, 4.69) is 5.32 Å². The molecule has 0 radical (unpaired) electrons. The molecule has 0 aromatic carbocycles. The van der Waals surface area contributed by atoms with E-state index in [4.69, 9.17) is 10.5 Å².